The molecule has 2 aliphatic heterocycles. The molecule has 2 fully saturated rings. The average molecular weight is 290 g/mol. The van der Waals surface area contributed by atoms with Crippen LogP contribution in [-0.4, -0.2) is 48.9 Å². The van der Waals surface area contributed by atoms with Crippen LogP contribution in [0.15, 0.2) is 0 Å². The largest absolute Gasteiger partial charge is 0.352 e. The summed E-state index contributed by atoms with van der Waals surface area (Å²) < 4.78 is 0. The van der Waals surface area contributed by atoms with E-state index in [0.29, 0.717) is 13.0 Å². The number of nitrogens with one attached hydrogen (secondary N) is 2. The number of amides is 2. The van der Waals surface area contributed by atoms with Crippen LogP contribution in [0.5, 0.6) is 0 Å². The van der Waals surface area contributed by atoms with Gasteiger partial charge >= 0.3 is 0 Å². The number of carbonyl (C=O) groups excluding carboxylic acids is 2. The maximum absolute atomic E-state index is 12.0. The molecule has 0 spiro atoms. The lowest BCUT2D eigenvalue weighted by Crippen LogP contribution is -2.47. The summed E-state index contributed by atoms with van der Waals surface area (Å²) in [5.41, 5.74) is 0. The summed E-state index contributed by atoms with van der Waals surface area (Å²) in [4.78, 5) is 25.4. The first-order valence-corrected chi connectivity index (χ1v) is 6.95. The van der Waals surface area contributed by atoms with E-state index in [1.54, 1.807) is 0 Å². The fourth-order valence-electron chi connectivity index (χ4n) is 2.71. The summed E-state index contributed by atoms with van der Waals surface area (Å²) in [7, 11) is 0. The molecule has 2 N–H and O–H groups in total. The zero-order valence-corrected chi connectivity index (χ0v) is 12.3. The minimum atomic E-state index is 0. The van der Waals surface area contributed by atoms with Crippen molar-refractivity contribution in [3.8, 4) is 0 Å². The molecule has 0 saturated carbocycles. The lowest BCUT2D eigenvalue weighted by atomic mass is 9.98. The Labute approximate surface area is 120 Å². The molecule has 110 valence electrons. The number of hydrogen-bond donors (Lipinski definition) is 2. The van der Waals surface area contributed by atoms with Gasteiger partial charge in [-0.05, 0) is 32.7 Å². The Balaban J connectivity index is 0.00000180. The Hall–Kier alpha value is -0.810. The SMILES string of the molecule is CC(CN1CCCC1=O)NC(=O)C1CCCNC1.Cl. The number of piperidine rings is 1. The number of carbonyl (C=O) groups is 2. The van der Waals surface area contributed by atoms with Crippen molar-refractivity contribution in [1.82, 2.24) is 15.5 Å². The first kappa shape index (κ1) is 16.2. The molecule has 19 heavy (non-hydrogen) atoms. The molecule has 2 atom stereocenters. The van der Waals surface area contributed by atoms with Crippen molar-refractivity contribution in [3.05, 3.63) is 0 Å². The topological polar surface area (TPSA) is 61.4 Å². The molecule has 0 aromatic rings. The Morgan fingerprint density at radius 3 is 2.89 bits per heavy atom. The van der Waals surface area contributed by atoms with E-state index in [1.807, 2.05) is 11.8 Å². The predicted octanol–water partition coefficient (Wildman–Crippen LogP) is 0.535. The van der Waals surface area contributed by atoms with Crippen LogP contribution in [0, 0.1) is 5.92 Å². The summed E-state index contributed by atoms with van der Waals surface area (Å²) in [6.07, 6.45) is 3.64. The van der Waals surface area contributed by atoms with E-state index in [1.165, 1.54) is 0 Å². The van der Waals surface area contributed by atoms with Gasteiger partial charge in [-0.2, -0.15) is 0 Å². The average Bonchev–Trinajstić information content (AvgIpc) is 2.76. The first-order chi connectivity index (χ1) is 8.66. The molecule has 5 nitrogen and oxygen atoms in total. The van der Waals surface area contributed by atoms with E-state index < -0.39 is 0 Å². The Morgan fingerprint density at radius 2 is 2.32 bits per heavy atom. The van der Waals surface area contributed by atoms with Crippen molar-refractivity contribution in [2.24, 2.45) is 5.92 Å². The highest BCUT2D eigenvalue weighted by atomic mass is 35.5. The fraction of sp³-hybridized carbons (Fsp3) is 0.846. The van der Waals surface area contributed by atoms with Gasteiger partial charge < -0.3 is 15.5 Å². The van der Waals surface area contributed by atoms with Gasteiger partial charge in [-0.15, -0.1) is 12.4 Å². The van der Waals surface area contributed by atoms with Crippen LogP contribution in [0.25, 0.3) is 0 Å². The van der Waals surface area contributed by atoms with Crippen LogP contribution in [-0.2, 0) is 9.59 Å². The van der Waals surface area contributed by atoms with E-state index >= 15 is 0 Å². The van der Waals surface area contributed by atoms with Gasteiger partial charge in [0.15, 0.2) is 0 Å². The second-order valence-electron chi connectivity index (χ2n) is 5.40. The maximum Gasteiger partial charge on any atom is 0.224 e. The number of halogens is 1. The van der Waals surface area contributed by atoms with Crippen molar-refractivity contribution in [3.63, 3.8) is 0 Å². The molecular weight excluding hydrogens is 266 g/mol. The van der Waals surface area contributed by atoms with E-state index in [9.17, 15) is 9.59 Å². The standard InChI is InChI=1S/C13H23N3O2.ClH/c1-10(9-16-7-3-5-12(16)17)15-13(18)11-4-2-6-14-8-11;/h10-11,14H,2-9H2,1H3,(H,15,18);1H. The summed E-state index contributed by atoms with van der Waals surface area (Å²) in [6.45, 7) is 5.25. The van der Waals surface area contributed by atoms with E-state index in [2.05, 4.69) is 10.6 Å². The minimum absolute atomic E-state index is 0. The molecule has 2 unspecified atom stereocenters. The second-order valence-corrected chi connectivity index (χ2v) is 5.40. The van der Waals surface area contributed by atoms with Crippen LogP contribution >= 0.6 is 12.4 Å². The Kier molecular flexibility index (Phi) is 6.58. The lowest BCUT2D eigenvalue weighted by Gasteiger charge is -2.26. The van der Waals surface area contributed by atoms with Gasteiger partial charge in [-0.25, -0.2) is 0 Å². The highest BCUT2D eigenvalue weighted by Crippen LogP contribution is 2.12. The number of rotatable bonds is 4. The number of hydrogen-bond acceptors (Lipinski definition) is 3. The minimum Gasteiger partial charge on any atom is -0.352 e. The molecule has 0 aliphatic carbocycles. The van der Waals surface area contributed by atoms with Gasteiger partial charge in [-0.1, -0.05) is 0 Å². The monoisotopic (exact) mass is 289 g/mol. The van der Waals surface area contributed by atoms with Crippen molar-refractivity contribution in [2.45, 2.75) is 38.6 Å². The van der Waals surface area contributed by atoms with Gasteiger partial charge in [0.1, 0.15) is 0 Å². The van der Waals surface area contributed by atoms with Crippen molar-refractivity contribution in [2.75, 3.05) is 26.2 Å². The maximum atomic E-state index is 12.0. The zero-order valence-electron chi connectivity index (χ0n) is 11.5. The Morgan fingerprint density at radius 1 is 1.53 bits per heavy atom. The quantitative estimate of drug-likeness (QED) is 0.794. The third kappa shape index (κ3) is 4.66. The predicted molar refractivity (Wildman–Crippen MR) is 76.3 cm³/mol. The molecular formula is C13H24ClN3O2. The van der Waals surface area contributed by atoms with Gasteiger partial charge in [-0.3, -0.25) is 9.59 Å². The molecule has 2 heterocycles. The van der Waals surface area contributed by atoms with Gasteiger partial charge in [0.05, 0.1) is 5.92 Å². The van der Waals surface area contributed by atoms with Crippen LogP contribution in [0.4, 0.5) is 0 Å². The third-order valence-electron chi connectivity index (χ3n) is 3.72. The summed E-state index contributed by atoms with van der Waals surface area (Å²) in [5.74, 6) is 0.437. The Bertz CT molecular complexity index is 319. The molecule has 0 aromatic carbocycles. The van der Waals surface area contributed by atoms with Crippen molar-refractivity contribution < 1.29 is 9.59 Å². The zero-order chi connectivity index (χ0) is 13.0. The van der Waals surface area contributed by atoms with E-state index in [0.717, 1.165) is 38.9 Å². The normalized spacial score (nSPS) is 24.8. The van der Waals surface area contributed by atoms with Gasteiger partial charge in [0.25, 0.3) is 0 Å². The summed E-state index contributed by atoms with van der Waals surface area (Å²) in [5, 5.41) is 6.27. The van der Waals surface area contributed by atoms with Crippen molar-refractivity contribution in [1.29, 1.82) is 0 Å². The third-order valence-corrected chi connectivity index (χ3v) is 3.72. The number of nitrogens with zero attached hydrogens (tertiary/aromatic N) is 1. The second kappa shape index (κ2) is 7.70. The van der Waals surface area contributed by atoms with Crippen LogP contribution in [0.2, 0.25) is 0 Å². The van der Waals surface area contributed by atoms with Crippen LogP contribution in [0.1, 0.15) is 32.6 Å². The molecule has 2 rings (SSSR count). The molecule has 2 saturated heterocycles. The highest BCUT2D eigenvalue weighted by molar-refractivity contribution is 5.85. The van der Waals surface area contributed by atoms with E-state index in [4.69, 9.17) is 0 Å². The van der Waals surface area contributed by atoms with Crippen LogP contribution in [0.3, 0.4) is 0 Å². The molecule has 2 amide bonds. The first-order valence-electron chi connectivity index (χ1n) is 6.95. The fourth-order valence-corrected chi connectivity index (χ4v) is 2.71. The molecule has 2 aliphatic rings. The number of likely N-dealkylation sites (tertiary alicyclic amines) is 1. The molecule has 6 heteroatoms. The lowest BCUT2D eigenvalue weighted by molar-refractivity contribution is -0.130. The van der Waals surface area contributed by atoms with E-state index in [-0.39, 0.29) is 36.2 Å². The summed E-state index contributed by atoms with van der Waals surface area (Å²) in [6, 6.07) is 0.0430. The van der Waals surface area contributed by atoms with Crippen molar-refractivity contribution >= 4 is 24.2 Å². The molecule has 0 aromatic heterocycles. The van der Waals surface area contributed by atoms with Gasteiger partial charge in [0, 0.05) is 32.1 Å². The van der Waals surface area contributed by atoms with Crippen LogP contribution < -0.4 is 10.6 Å². The smallest absolute Gasteiger partial charge is 0.224 e. The van der Waals surface area contributed by atoms with Gasteiger partial charge in [0.2, 0.25) is 11.8 Å². The molecule has 0 radical (unpaired) electrons. The highest BCUT2D eigenvalue weighted by Gasteiger charge is 2.25. The molecule has 0 bridgehead atoms. The summed E-state index contributed by atoms with van der Waals surface area (Å²) >= 11 is 0.